The Kier molecular flexibility index (Phi) is 3.27. The molecule has 1 fully saturated rings. The summed E-state index contributed by atoms with van der Waals surface area (Å²) in [5.74, 6) is -1.03. The van der Waals surface area contributed by atoms with Crippen LogP contribution in [0.3, 0.4) is 0 Å². The Morgan fingerprint density at radius 3 is 2.62 bits per heavy atom. The number of aliphatic hydroxyl groups is 1. The highest BCUT2D eigenvalue weighted by molar-refractivity contribution is 5.88. The van der Waals surface area contributed by atoms with Gasteiger partial charge in [-0.3, -0.25) is 14.4 Å². The summed E-state index contributed by atoms with van der Waals surface area (Å²) in [7, 11) is 0. The number of fused-ring (bicyclic) bond motifs is 4. The first-order chi connectivity index (χ1) is 13.7. The number of ether oxygens (including phenoxy) is 2. The predicted molar refractivity (Wildman–Crippen MR) is 95.3 cm³/mol. The van der Waals surface area contributed by atoms with E-state index in [1.165, 1.54) is 25.1 Å². The van der Waals surface area contributed by atoms with E-state index in [1.807, 2.05) is 0 Å². The molecule has 0 saturated carbocycles. The van der Waals surface area contributed by atoms with Gasteiger partial charge in [0.2, 0.25) is 5.43 Å². The summed E-state index contributed by atoms with van der Waals surface area (Å²) in [6, 6.07) is 4.09. The van der Waals surface area contributed by atoms with Gasteiger partial charge in [-0.05, 0) is 13.0 Å². The molecule has 29 heavy (non-hydrogen) atoms. The monoisotopic (exact) mass is 394 g/mol. The van der Waals surface area contributed by atoms with Gasteiger partial charge in [-0.25, -0.2) is 0 Å². The molecular formula is C20H14N2O7. The Bertz CT molecular complexity index is 1500. The van der Waals surface area contributed by atoms with Gasteiger partial charge in [0.25, 0.3) is 0 Å². The van der Waals surface area contributed by atoms with E-state index in [9.17, 15) is 30.1 Å². The zero-order valence-electron chi connectivity index (χ0n) is 15.3. The molecular weight excluding hydrogens is 380 g/mol. The van der Waals surface area contributed by atoms with Crippen LogP contribution in [0, 0.1) is 10.4 Å². The number of nitrogens with zero attached hydrogens (tertiary/aromatic N) is 2. The first-order valence-corrected chi connectivity index (χ1v) is 8.88. The van der Waals surface area contributed by atoms with Crippen LogP contribution in [-0.4, -0.2) is 32.7 Å². The Hall–Kier alpha value is -3.39. The van der Waals surface area contributed by atoms with Gasteiger partial charge in [0.05, 0.1) is 10.9 Å². The summed E-state index contributed by atoms with van der Waals surface area (Å²) in [6.45, 7) is 2.81. The lowest BCUT2D eigenvalue weighted by atomic mass is 9.82. The van der Waals surface area contributed by atoms with Gasteiger partial charge in [-0.2, -0.15) is 4.79 Å². The van der Waals surface area contributed by atoms with E-state index in [-0.39, 0.29) is 43.4 Å². The maximum Gasteiger partial charge on any atom is 0.334 e. The molecule has 1 saturated heterocycles. The van der Waals surface area contributed by atoms with Crippen LogP contribution in [0.2, 0.25) is 0 Å². The summed E-state index contributed by atoms with van der Waals surface area (Å²) in [5.41, 5.74) is 7.41. The van der Waals surface area contributed by atoms with E-state index in [1.54, 1.807) is 6.92 Å². The molecule has 0 aromatic heterocycles. The van der Waals surface area contributed by atoms with Crippen molar-refractivity contribution in [3.63, 3.8) is 0 Å². The van der Waals surface area contributed by atoms with Crippen LogP contribution < -0.4 is 16.2 Å². The number of carbonyl (C=O) groups is 1. The Labute approximate surface area is 161 Å². The number of aliphatic hydroxyl groups excluding tert-OH is 1. The smallest absolute Gasteiger partial charge is 0.334 e. The number of carbonyl (C=O) groups excluding carboxylic acids is 1. The summed E-state index contributed by atoms with van der Waals surface area (Å²) in [6.07, 6.45) is -3.13. The molecule has 1 heterocycles. The zero-order valence-corrected chi connectivity index (χ0v) is 15.3. The molecule has 1 aromatic rings. The van der Waals surface area contributed by atoms with Crippen molar-refractivity contribution in [3.05, 3.63) is 71.1 Å². The molecule has 0 spiro atoms. The molecule has 9 nitrogen and oxygen atoms in total. The summed E-state index contributed by atoms with van der Waals surface area (Å²) >= 11 is 0. The van der Waals surface area contributed by atoms with Crippen LogP contribution in [0.4, 0.5) is 0 Å². The molecule has 0 amide bonds. The van der Waals surface area contributed by atoms with Crippen LogP contribution in [0.1, 0.15) is 37.2 Å². The molecule has 9 heteroatoms. The van der Waals surface area contributed by atoms with Crippen LogP contribution in [0.25, 0.3) is 16.3 Å². The lowest BCUT2D eigenvalue weighted by molar-refractivity contribution is -0.151. The van der Waals surface area contributed by atoms with Gasteiger partial charge >= 0.3 is 11.3 Å². The van der Waals surface area contributed by atoms with Crippen molar-refractivity contribution in [1.29, 1.82) is 0 Å². The minimum Gasteiger partial charge on any atom is -0.507 e. The molecule has 4 atom stereocenters. The maximum absolute atomic E-state index is 13.2. The third-order valence-corrected chi connectivity index (χ3v) is 5.91. The van der Waals surface area contributed by atoms with Gasteiger partial charge in [0.15, 0.2) is 11.5 Å². The van der Waals surface area contributed by atoms with Gasteiger partial charge in [0, 0.05) is 23.1 Å². The summed E-state index contributed by atoms with van der Waals surface area (Å²) in [4.78, 5) is 41.3. The van der Waals surface area contributed by atoms with Crippen LogP contribution >= 0.6 is 0 Å². The third-order valence-electron chi connectivity index (χ3n) is 5.91. The quantitative estimate of drug-likeness (QED) is 0.251. The average Bonchev–Trinajstić information content (AvgIpc) is 3.25. The Balaban J connectivity index is 2.08. The number of epoxide rings is 1. The van der Waals surface area contributed by atoms with E-state index < -0.39 is 40.7 Å². The topological polar surface area (TPSA) is 150 Å². The Morgan fingerprint density at radius 1 is 1.24 bits per heavy atom. The van der Waals surface area contributed by atoms with E-state index >= 15 is 0 Å². The van der Waals surface area contributed by atoms with Crippen molar-refractivity contribution in [2.24, 2.45) is 0 Å². The van der Waals surface area contributed by atoms with Crippen molar-refractivity contribution in [3.8, 4) is 5.75 Å². The SMILES string of the molecule is CC(=O)OC1c2c(c3c(=O)c4cccc(O)c4c(=O)c=3c2=[N+]=[N-])C(O)C2OC12C. The minimum absolute atomic E-state index is 0.0268. The molecule has 0 bridgehead atoms. The van der Waals surface area contributed by atoms with Crippen molar-refractivity contribution in [2.75, 3.05) is 0 Å². The van der Waals surface area contributed by atoms with Gasteiger partial charge in [0.1, 0.15) is 28.8 Å². The highest BCUT2D eigenvalue weighted by Gasteiger charge is 2.68. The van der Waals surface area contributed by atoms with Crippen LogP contribution in [0.15, 0.2) is 27.8 Å². The second-order valence-electron chi connectivity index (χ2n) is 7.54. The van der Waals surface area contributed by atoms with Gasteiger partial charge in [-0.15, -0.1) is 0 Å². The first-order valence-electron chi connectivity index (χ1n) is 8.88. The fourth-order valence-corrected chi connectivity index (χ4v) is 4.62. The van der Waals surface area contributed by atoms with Gasteiger partial charge < -0.3 is 25.2 Å². The summed E-state index contributed by atoms with van der Waals surface area (Å²) in [5, 5.41) is 20.1. The first kappa shape index (κ1) is 17.7. The lowest BCUT2D eigenvalue weighted by Crippen LogP contribution is -2.36. The van der Waals surface area contributed by atoms with Crippen molar-refractivity contribution in [2.45, 2.75) is 37.8 Å². The zero-order chi connectivity index (χ0) is 20.8. The van der Waals surface area contributed by atoms with Crippen LogP contribution in [0.5, 0.6) is 5.75 Å². The number of rotatable bonds is 1. The number of aromatic hydroxyl groups is 1. The molecule has 1 aromatic carbocycles. The number of phenolic OH excluding ortho intramolecular Hbond substituents is 1. The molecule has 5 rings (SSSR count). The maximum atomic E-state index is 13.2. The standard InChI is InChI=1S/C20H14N2O7/c1-6(23)28-18-13-11(17(27)19-20(18,2)29-19)10-12(14(13)22-21)16(26)9-7(15(10)25)4-3-5-8(9)24/h3-5,17-19,24,27H,1-2H3. The largest absolute Gasteiger partial charge is 0.507 e. The van der Waals surface area contributed by atoms with E-state index in [0.29, 0.717) is 0 Å². The fourth-order valence-electron chi connectivity index (χ4n) is 4.62. The lowest BCUT2D eigenvalue weighted by Gasteiger charge is -2.26. The van der Waals surface area contributed by atoms with E-state index in [4.69, 9.17) is 9.47 Å². The predicted octanol–water partition coefficient (Wildman–Crippen LogP) is -0.195. The fraction of sp³-hybridized carbons (Fsp3) is 0.300. The second kappa shape index (κ2) is 5.36. The number of hydrogen-bond acceptors (Lipinski definition) is 7. The van der Waals surface area contributed by atoms with Gasteiger partial charge in [-0.1, -0.05) is 12.1 Å². The Morgan fingerprint density at radius 2 is 1.97 bits per heavy atom. The number of benzene rings is 1. The molecule has 1 aliphatic heterocycles. The van der Waals surface area contributed by atoms with E-state index in [2.05, 4.69) is 4.79 Å². The van der Waals surface area contributed by atoms with Crippen molar-refractivity contribution < 1.29 is 29.3 Å². The molecule has 3 aliphatic carbocycles. The molecule has 0 radical (unpaired) electrons. The van der Waals surface area contributed by atoms with E-state index in [0.717, 1.165) is 0 Å². The molecule has 4 unspecified atom stereocenters. The number of esters is 1. The number of phenols is 1. The molecule has 2 N–H and O–H groups in total. The van der Waals surface area contributed by atoms with Crippen molar-refractivity contribution in [1.82, 2.24) is 0 Å². The third kappa shape index (κ3) is 1.99. The van der Waals surface area contributed by atoms with Crippen LogP contribution in [-0.2, 0) is 14.3 Å². The average molecular weight is 394 g/mol. The van der Waals surface area contributed by atoms with Crippen molar-refractivity contribution >= 4 is 16.7 Å². The molecule has 4 aliphatic rings. The second-order valence-corrected chi connectivity index (χ2v) is 7.54. The molecule has 146 valence electrons. The number of hydrogen-bond donors (Lipinski definition) is 2. The summed E-state index contributed by atoms with van der Waals surface area (Å²) < 4.78 is 11.0. The normalized spacial score (nSPS) is 27.3. The minimum atomic E-state index is -1.29. The highest BCUT2D eigenvalue weighted by Crippen LogP contribution is 2.57. The highest BCUT2D eigenvalue weighted by atomic mass is 16.7.